The molecule has 2 heterocycles. The predicted octanol–water partition coefficient (Wildman–Crippen LogP) is 3.54. The van der Waals surface area contributed by atoms with Crippen LogP contribution in [0.1, 0.15) is 10.4 Å². The molecule has 0 aliphatic heterocycles. The minimum Gasteiger partial charge on any atom is -0.496 e. The van der Waals surface area contributed by atoms with E-state index in [1.165, 1.54) is 25.6 Å². The molecule has 1 N–H and O–H groups in total. The highest BCUT2D eigenvalue weighted by molar-refractivity contribution is 7.19. The molecule has 0 fully saturated rings. The lowest BCUT2D eigenvalue weighted by Crippen LogP contribution is -2.14. The van der Waals surface area contributed by atoms with Crippen LogP contribution in [0.2, 0.25) is 0 Å². The third-order valence-corrected chi connectivity index (χ3v) is 4.64. The van der Waals surface area contributed by atoms with E-state index in [1.54, 1.807) is 29.5 Å². The second-order valence-electron chi connectivity index (χ2n) is 4.42. The number of carbonyl (C=O) groups excluding carboxylic acids is 1. The Balaban J connectivity index is 1.85. The standard InChI is InChI=1S/C15H13N3O3S2/c1-20-10-4-3-5-11(21-2)12(10)13(19)16-15-18-17-14(23-15)9-6-7-22-8-9/h3-8H,1-2H3,(H,16,18,19). The number of methoxy groups -OCH3 is 2. The number of anilines is 1. The van der Waals surface area contributed by atoms with E-state index in [9.17, 15) is 4.79 Å². The molecule has 0 spiro atoms. The molecule has 23 heavy (non-hydrogen) atoms. The van der Waals surface area contributed by atoms with Crippen molar-refractivity contribution in [3.63, 3.8) is 0 Å². The van der Waals surface area contributed by atoms with Crippen molar-refractivity contribution in [2.24, 2.45) is 0 Å². The molecule has 2 aromatic heterocycles. The Bertz CT molecular complexity index is 793. The largest absolute Gasteiger partial charge is 0.496 e. The number of benzene rings is 1. The number of hydrogen-bond donors (Lipinski definition) is 1. The lowest BCUT2D eigenvalue weighted by atomic mass is 10.1. The van der Waals surface area contributed by atoms with Crippen molar-refractivity contribution in [3.8, 4) is 22.1 Å². The third-order valence-electron chi connectivity index (χ3n) is 3.07. The van der Waals surface area contributed by atoms with Gasteiger partial charge in [-0.25, -0.2) is 0 Å². The van der Waals surface area contributed by atoms with Crippen molar-refractivity contribution in [2.45, 2.75) is 0 Å². The highest BCUT2D eigenvalue weighted by Gasteiger charge is 2.20. The van der Waals surface area contributed by atoms with Crippen molar-refractivity contribution in [3.05, 3.63) is 40.6 Å². The molecule has 0 aliphatic rings. The van der Waals surface area contributed by atoms with Crippen molar-refractivity contribution < 1.29 is 14.3 Å². The van der Waals surface area contributed by atoms with E-state index < -0.39 is 0 Å². The van der Waals surface area contributed by atoms with E-state index in [4.69, 9.17) is 9.47 Å². The zero-order valence-corrected chi connectivity index (χ0v) is 14.0. The maximum Gasteiger partial charge on any atom is 0.265 e. The quantitative estimate of drug-likeness (QED) is 0.764. The minimum atomic E-state index is -0.354. The van der Waals surface area contributed by atoms with Gasteiger partial charge in [0.2, 0.25) is 5.13 Å². The summed E-state index contributed by atoms with van der Waals surface area (Å²) in [5.41, 5.74) is 1.31. The number of nitrogens with one attached hydrogen (secondary N) is 1. The zero-order chi connectivity index (χ0) is 16.2. The molecule has 1 amide bonds. The van der Waals surface area contributed by atoms with E-state index in [2.05, 4.69) is 15.5 Å². The number of amides is 1. The van der Waals surface area contributed by atoms with Crippen molar-refractivity contribution in [2.75, 3.05) is 19.5 Å². The maximum atomic E-state index is 12.5. The fraction of sp³-hybridized carbons (Fsp3) is 0.133. The molecule has 0 atom stereocenters. The molecule has 6 nitrogen and oxygen atoms in total. The molecule has 8 heteroatoms. The summed E-state index contributed by atoms with van der Waals surface area (Å²) >= 11 is 2.89. The summed E-state index contributed by atoms with van der Waals surface area (Å²) in [6.07, 6.45) is 0. The molecule has 0 saturated heterocycles. The Morgan fingerprint density at radius 3 is 2.48 bits per heavy atom. The van der Waals surface area contributed by atoms with Gasteiger partial charge in [0.05, 0.1) is 14.2 Å². The second-order valence-corrected chi connectivity index (χ2v) is 6.17. The van der Waals surface area contributed by atoms with Crippen LogP contribution in [-0.2, 0) is 0 Å². The third kappa shape index (κ3) is 3.17. The maximum absolute atomic E-state index is 12.5. The topological polar surface area (TPSA) is 73.3 Å². The molecule has 3 aromatic rings. The van der Waals surface area contributed by atoms with Gasteiger partial charge in [-0.1, -0.05) is 17.4 Å². The van der Waals surface area contributed by atoms with Crippen molar-refractivity contribution in [1.29, 1.82) is 0 Å². The Labute approximate surface area is 140 Å². The van der Waals surface area contributed by atoms with Crippen LogP contribution in [0.5, 0.6) is 11.5 Å². The Kier molecular flexibility index (Phi) is 4.54. The summed E-state index contributed by atoms with van der Waals surface area (Å²) in [6, 6.07) is 7.12. The number of carbonyl (C=O) groups is 1. The van der Waals surface area contributed by atoms with E-state index in [0.717, 1.165) is 10.6 Å². The molecular weight excluding hydrogens is 334 g/mol. The monoisotopic (exact) mass is 347 g/mol. The van der Waals surface area contributed by atoms with Crippen molar-refractivity contribution in [1.82, 2.24) is 10.2 Å². The molecule has 1 aromatic carbocycles. The summed E-state index contributed by atoms with van der Waals surface area (Å²) in [5, 5.41) is 16.0. The summed E-state index contributed by atoms with van der Waals surface area (Å²) in [5.74, 6) is 0.515. The first-order chi connectivity index (χ1) is 11.2. The van der Waals surface area contributed by atoms with Gasteiger partial charge < -0.3 is 9.47 Å². The normalized spacial score (nSPS) is 10.3. The molecule has 118 valence electrons. The second kappa shape index (κ2) is 6.76. The van der Waals surface area contributed by atoms with Gasteiger partial charge >= 0.3 is 0 Å². The molecule has 0 aliphatic carbocycles. The summed E-state index contributed by atoms with van der Waals surface area (Å²) < 4.78 is 10.5. The molecular formula is C15H13N3O3S2. The lowest BCUT2D eigenvalue weighted by molar-refractivity contribution is 0.102. The number of ether oxygens (including phenoxy) is 2. The summed E-state index contributed by atoms with van der Waals surface area (Å²) in [6.45, 7) is 0. The van der Waals surface area contributed by atoms with Crippen LogP contribution in [0.25, 0.3) is 10.6 Å². The fourth-order valence-electron chi connectivity index (χ4n) is 2.01. The SMILES string of the molecule is COc1cccc(OC)c1C(=O)Nc1nnc(-c2ccsc2)s1. The zero-order valence-electron chi connectivity index (χ0n) is 12.4. The predicted molar refractivity (Wildman–Crippen MR) is 90.7 cm³/mol. The van der Waals surface area contributed by atoms with E-state index in [-0.39, 0.29) is 5.91 Å². The average molecular weight is 347 g/mol. The van der Waals surface area contributed by atoms with E-state index >= 15 is 0 Å². The van der Waals surface area contributed by atoms with Gasteiger partial charge in [-0.15, -0.1) is 10.2 Å². The summed E-state index contributed by atoms with van der Waals surface area (Å²) in [4.78, 5) is 12.5. The number of thiophene rings is 1. The molecule has 0 bridgehead atoms. The minimum absolute atomic E-state index is 0.324. The lowest BCUT2D eigenvalue weighted by Gasteiger charge is -2.11. The fourth-order valence-corrected chi connectivity index (χ4v) is 3.46. The number of nitrogens with zero attached hydrogens (tertiary/aromatic N) is 2. The Morgan fingerprint density at radius 2 is 1.87 bits per heavy atom. The summed E-state index contributed by atoms with van der Waals surface area (Å²) in [7, 11) is 3.01. The highest BCUT2D eigenvalue weighted by atomic mass is 32.1. The first-order valence-corrected chi connectivity index (χ1v) is 8.37. The van der Waals surface area contributed by atoms with Crippen LogP contribution in [0.4, 0.5) is 5.13 Å². The van der Waals surface area contributed by atoms with Crippen LogP contribution in [0.3, 0.4) is 0 Å². The van der Waals surface area contributed by atoms with Gasteiger partial charge in [0.15, 0.2) is 0 Å². The number of aromatic nitrogens is 2. The van der Waals surface area contributed by atoms with Crippen molar-refractivity contribution >= 4 is 33.7 Å². The average Bonchev–Trinajstić information content (AvgIpc) is 3.25. The van der Waals surface area contributed by atoms with E-state index in [1.807, 2.05) is 16.8 Å². The Hall–Kier alpha value is -2.45. The first-order valence-electron chi connectivity index (χ1n) is 6.61. The van der Waals surface area contributed by atoms with Crippen LogP contribution in [0, 0.1) is 0 Å². The van der Waals surface area contributed by atoms with Crippen LogP contribution in [0.15, 0.2) is 35.0 Å². The van der Waals surface area contributed by atoms with Gasteiger partial charge in [0, 0.05) is 10.9 Å². The van der Waals surface area contributed by atoms with Gasteiger partial charge in [0.25, 0.3) is 5.91 Å². The van der Waals surface area contributed by atoms with Crippen LogP contribution < -0.4 is 14.8 Å². The molecule has 0 saturated carbocycles. The molecule has 0 unspecified atom stereocenters. The number of hydrogen-bond acceptors (Lipinski definition) is 7. The van der Waals surface area contributed by atoms with Gasteiger partial charge in [-0.3, -0.25) is 10.1 Å². The first kappa shape index (κ1) is 15.4. The van der Waals surface area contributed by atoms with Crippen LogP contribution >= 0.6 is 22.7 Å². The van der Waals surface area contributed by atoms with Gasteiger partial charge in [-0.05, 0) is 23.6 Å². The smallest absolute Gasteiger partial charge is 0.265 e. The number of rotatable bonds is 5. The van der Waals surface area contributed by atoms with Gasteiger partial charge in [0.1, 0.15) is 22.1 Å². The van der Waals surface area contributed by atoms with Crippen LogP contribution in [-0.4, -0.2) is 30.3 Å². The highest BCUT2D eigenvalue weighted by Crippen LogP contribution is 2.31. The molecule has 3 rings (SSSR count). The Morgan fingerprint density at radius 1 is 1.13 bits per heavy atom. The molecule has 0 radical (unpaired) electrons. The van der Waals surface area contributed by atoms with E-state index in [0.29, 0.717) is 22.2 Å². The van der Waals surface area contributed by atoms with Gasteiger partial charge in [-0.2, -0.15) is 11.3 Å².